The number of carbonyl (C=O) groups is 2. The van der Waals surface area contributed by atoms with Crippen molar-refractivity contribution in [3.05, 3.63) is 60.8 Å². The Kier molecular flexibility index (Phi) is 63.4. The fourth-order valence-electron chi connectivity index (χ4n) is 10.6. The van der Waals surface area contributed by atoms with Crippen molar-refractivity contribution < 1.29 is 42.1 Å². The smallest absolute Gasteiger partial charge is 0.462 e. The molecule has 84 heavy (non-hydrogen) atoms. The van der Waals surface area contributed by atoms with Crippen LogP contribution in [0.25, 0.3) is 0 Å². The minimum atomic E-state index is -4.40. The Bertz CT molecular complexity index is 1600. The second-order valence-electron chi connectivity index (χ2n) is 25.6. The lowest BCUT2D eigenvalue weighted by atomic mass is 10.0. The number of quaternary nitrogens is 1. The van der Waals surface area contributed by atoms with Crippen LogP contribution in [0.3, 0.4) is 0 Å². The number of nitrogens with zero attached hydrogens (tertiary/aromatic N) is 1. The number of esters is 2. The van der Waals surface area contributed by atoms with Crippen molar-refractivity contribution in [1.29, 1.82) is 0 Å². The zero-order valence-corrected chi connectivity index (χ0v) is 57.0. The van der Waals surface area contributed by atoms with Gasteiger partial charge in [-0.25, -0.2) is 4.57 Å². The first-order valence-corrected chi connectivity index (χ1v) is 37.5. The molecule has 0 amide bonds. The average Bonchev–Trinajstić information content (AvgIpc) is 3.61. The van der Waals surface area contributed by atoms with Crippen LogP contribution in [0, 0.1) is 0 Å². The topological polar surface area (TPSA) is 108 Å². The highest BCUT2D eigenvalue weighted by molar-refractivity contribution is 7.47. The zero-order valence-electron chi connectivity index (χ0n) is 56.1. The molecule has 0 saturated heterocycles. The Balaban J connectivity index is 3.95. The SMILES string of the molecule is CC/C=C\C/C=C\C/C=C\C/C=C\C/C=C\CCCCCCCCCC(=O)OC(COC(=O)CCCCCCCCCCCCCCCCCCCCCCCCCCCCCCCCCCCCCCC)COP(=O)(O)OCC[N+](C)(C)C. The second kappa shape index (κ2) is 65.2. The number of phosphoric ester groups is 1. The van der Waals surface area contributed by atoms with Crippen LogP contribution in [0.15, 0.2) is 60.8 Å². The highest BCUT2D eigenvalue weighted by Gasteiger charge is 2.27. The summed E-state index contributed by atoms with van der Waals surface area (Å²) in [5, 5.41) is 0. The van der Waals surface area contributed by atoms with Crippen LogP contribution in [0.5, 0.6) is 0 Å². The summed E-state index contributed by atoms with van der Waals surface area (Å²) in [6.07, 6.45) is 86.4. The quantitative estimate of drug-likeness (QED) is 0.0211. The van der Waals surface area contributed by atoms with Crippen LogP contribution in [0.4, 0.5) is 0 Å². The van der Waals surface area contributed by atoms with Gasteiger partial charge >= 0.3 is 19.8 Å². The number of rotatable bonds is 67. The van der Waals surface area contributed by atoms with E-state index in [1.807, 2.05) is 21.1 Å². The van der Waals surface area contributed by atoms with Crippen molar-refractivity contribution in [3.8, 4) is 0 Å². The minimum absolute atomic E-state index is 0.0286. The number of carbonyl (C=O) groups excluding carboxylic acids is 2. The molecule has 492 valence electrons. The van der Waals surface area contributed by atoms with Gasteiger partial charge < -0.3 is 18.9 Å². The Morgan fingerprint density at radius 2 is 0.679 bits per heavy atom. The summed E-state index contributed by atoms with van der Waals surface area (Å²) in [7, 11) is 1.48. The van der Waals surface area contributed by atoms with E-state index in [2.05, 4.69) is 74.6 Å². The maximum Gasteiger partial charge on any atom is 0.472 e. The first-order chi connectivity index (χ1) is 41.0. The molecule has 0 aromatic carbocycles. The Hall–Kier alpha value is -2.29. The van der Waals surface area contributed by atoms with E-state index < -0.39 is 26.5 Å². The molecule has 0 aromatic rings. The van der Waals surface area contributed by atoms with Crippen molar-refractivity contribution in [2.75, 3.05) is 47.5 Å². The Labute approximate surface area is 521 Å². The molecule has 2 unspecified atom stereocenters. The highest BCUT2D eigenvalue weighted by atomic mass is 31.2. The van der Waals surface area contributed by atoms with Crippen molar-refractivity contribution in [3.63, 3.8) is 0 Å². The predicted molar refractivity (Wildman–Crippen MR) is 363 cm³/mol. The van der Waals surface area contributed by atoms with Gasteiger partial charge in [0.05, 0.1) is 27.7 Å². The summed E-state index contributed by atoms with van der Waals surface area (Å²) in [4.78, 5) is 35.9. The van der Waals surface area contributed by atoms with Crippen molar-refractivity contribution in [2.45, 2.75) is 354 Å². The number of hydrogen-bond donors (Lipinski definition) is 1. The fourth-order valence-corrected chi connectivity index (χ4v) is 11.3. The van der Waals surface area contributed by atoms with E-state index in [1.54, 1.807) is 0 Å². The fraction of sp³-hybridized carbons (Fsp3) is 0.838. The second-order valence-corrected chi connectivity index (χ2v) is 27.1. The molecule has 2 atom stereocenters. The molecule has 0 heterocycles. The van der Waals surface area contributed by atoms with Crippen molar-refractivity contribution in [1.82, 2.24) is 0 Å². The van der Waals surface area contributed by atoms with Crippen LogP contribution in [0.1, 0.15) is 348 Å². The molecular weight excluding hydrogens is 1060 g/mol. The lowest BCUT2D eigenvalue weighted by molar-refractivity contribution is -0.870. The van der Waals surface area contributed by atoms with E-state index in [0.717, 1.165) is 77.0 Å². The molecule has 0 radical (unpaired) electrons. The molecule has 0 aliphatic rings. The summed E-state index contributed by atoms with van der Waals surface area (Å²) in [5.41, 5.74) is 0. The molecule has 1 N–H and O–H groups in total. The van der Waals surface area contributed by atoms with Gasteiger partial charge in [-0.05, 0) is 57.8 Å². The monoisotopic (exact) mass is 1200 g/mol. The zero-order chi connectivity index (χ0) is 61.2. The third-order valence-corrected chi connectivity index (χ3v) is 17.0. The van der Waals surface area contributed by atoms with E-state index in [1.165, 1.54) is 238 Å². The molecule has 0 bridgehead atoms. The van der Waals surface area contributed by atoms with E-state index in [9.17, 15) is 19.0 Å². The van der Waals surface area contributed by atoms with Crippen LogP contribution in [0.2, 0.25) is 0 Å². The summed E-state index contributed by atoms with van der Waals surface area (Å²) in [6, 6.07) is 0. The highest BCUT2D eigenvalue weighted by Crippen LogP contribution is 2.43. The molecule has 10 heteroatoms. The molecule has 0 fully saturated rings. The molecular formula is C74H139NO8P+. The molecule has 0 saturated carbocycles. The van der Waals surface area contributed by atoms with Gasteiger partial charge in [-0.2, -0.15) is 0 Å². The van der Waals surface area contributed by atoms with Crippen molar-refractivity contribution in [2.24, 2.45) is 0 Å². The average molecular weight is 1200 g/mol. The lowest BCUT2D eigenvalue weighted by Gasteiger charge is -2.24. The maximum absolute atomic E-state index is 12.9. The largest absolute Gasteiger partial charge is 0.472 e. The number of phosphoric acid groups is 1. The number of unbranched alkanes of at least 4 members (excludes halogenated alkanes) is 43. The third-order valence-electron chi connectivity index (χ3n) is 16.1. The number of allylic oxidation sites excluding steroid dienone is 10. The first kappa shape index (κ1) is 81.7. The Morgan fingerprint density at radius 3 is 1.01 bits per heavy atom. The molecule has 0 aromatic heterocycles. The van der Waals surface area contributed by atoms with Crippen molar-refractivity contribution >= 4 is 19.8 Å². The van der Waals surface area contributed by atoms with Gasteiger partial charge in [0.15, 0.2) is 6.10 Å². The van der Waals surface area contributed by atoms with Gasteiger partial charge in [-0.1, -0.05) is 338 Å². The van der Waals surface area contributed by atoms with E-state index in [0.29, 0.717) is 17.4 Å². The van der Waals surface area contributed by atoms with E-state index >= 15 is 0 Å². The van der Waals surface area contributed by atoms with Gasteiger partial charge in [0.25, 0.3) is 0 Å². The van der Waals surface area contributed by atoms with Gasteiger partial charge in [0, 0.05) is 12.8 Å². The summed E-state index contributed by atoms with van der Waals surface area (Å²) in [5.74, 6) is -0.797. The lowest BCUT2D eigenvalue weighted by Crippen LogP contribution is -2.37. The number of ether oxygens (including phenoxy) is 2. The number of hydrogen-bond acceptors (Lipinski definition) is 7. The van der Waals surface area contributed by atoms with Crippen LogP contribution < -0.4 is 0 Å². The summed E-state index contributed by atoms with van der Waals surface area (Å²) in [6.45, 7) is 4.36. The van der Waals surface area contributed by atoms with Gasteiger partial charge in [-0.15, -0.1) is 0 Å². The van der Waals surface area contributed by atoms with Gasteiger partial charge in [0.2, 0.25) is 0 Å². The van der Waals surface area contributed by atoms with Crippen LogP contribution in [-0.2, 0) is 32.7 Å². The first-order valence-electron chi connectivity index (χ1n) is 36.0. The molecule has 0 rings (SSSR count). The van der Waals surface area contributed by atoms with Gasteiger partial charge in [-0.3, -0.25) is 18.6 Å². The summed E-state index contributed by atoms with van der Waals surface area (Å²) >= 11 is 0. The maximum atomic E-state index is 12.9. The van der Waals surface area contributed by atoms with Crippen LogP contribution >= 0.6 is 7.82 Å². The molecule has 0 aliphatic carbocycles. The Morgan fingerprint density at radius 1 is 0.381 bits per heavy atom. The standard InChI is InChI=1S/C74H138NO8P/c1-6-8-10-12-14-16-18-20-22-24-26-28-30-31-32-33-34-35-36-37-38-39-40-41-42-43-45-46-48-50-52-54-56-58-60-62-64-66-73(76)80-70-72(71-82-84(78,79)81-69-68-75(3,4)5)83-74(77)67-65-63-61-59-57-55-53-51-49-47-44-29-27-25-23-21-19-17-15-13-11-9-7-2/h9,11,15,17,21,23,27,29,47,49,72H,6-8,10,12-14,16,18-20,22,24-26,28,30-46,48,50-71H2,1-5H3/p+1/b11-9-,17-15-,23-21-,29-27-,49-47-. The van der Waals surface area contributed by atoms with Gasteiger partial charge in [0.1, 0.15) is 19.8 Å². The molecule has 0 spiro atoms. The third kappa shape index (κ3) is 68.8. The van der Waals surface area contributed by atoms with E-state index in [-0.39, 0.29) is 32.0 Å². The normalized spacial score (nSPS) is 13.5. The predicted octanol–water partition coefficient (Wildman–Crippen LogP) is 23.4. The minimum Gasteiger partial charge on any atom is -0.462 e. The van der Waals surface area contributed by atoms with Crippen LogP contribution in [-0.4, -0.2) is 74.9 Å². The molecule has 0 aliphatic heterocycles. The number of likely N-dealkylation sites (N-methyl/N-ethyl adjacent to an activating group) is 1. The van der Waals surface area contributed by atoms with E-state index in [4.69, 9.17) is 18.5 Å². The summed E-state index contributed by atoms with van der Waals surface area (Å²) < 4.78 is 34.7. The molecule has 9 nitrogen and oxygen atoms in total.